The molecule has 4 rings (SSSR count). The molecule has 0 aromatic heterocycles. The van der Waals surface area contributed by atoms with Crippen molar-refractivity contribution in [3.05, 3.63) is 28.8 Å². The number of carbonyl (C=O) groups is 1. The molecule has 3 N–H and O–H groups in total. The normalized spacial score (nSPS) is 38.1. The number of benzene rings is 1. The summed E-state index contributed by atoms with van der Waals surface area (Å²) in [5.74, 6) is 3.12. The number of nitrogens with one attached hydrogen (secondary N) is 1. The molecular formula is C15H17ClN2O. The predicted molar refractivity (Wildman–Crippen MR) is 74.9 cm³/mol. The highest BCUT2D eigenvalue weighted by molar-refractivity contribution is 6.36. The number of fused-ring (bicyclic) bond motifs is 5. The first kappa shape index (κ1) is 11.6. The first-order chi connectivity index (χ1) is 9.16. The molecule has 0 aliphatic heterocycles. The summed E-state index contributed by atoms with van der Waals surface area (Å²) in [6.45, 7) is 0. The summed E-state index contributed by atoms with van der Waals surface area (Å²) in [7, 11) is 0. The van der Waals surface area contributed by atoms with E-state index < -0.39 is 0 Å². The third-order valence-electron chi connectivity index (χ3n) is 5.31. The fraction of sp³-hybridized carbons (Fsp3) is 0.533. The lowest BCUT2D eigenvalue weighted by Gasteiger charge is -2.12. The zero-order valence-corrected chi connectivity index (χ0v) is 11.4. The van der Waals surface area contributed by atoms with E-state index in [-0.39, 0.29) is 5.91 Å². The quantitative estimate of drug-likeness (QED) is 0.816. The molecule has 0 radical (unpaired) electrons. The maximum absolute atomic E-state index is 12.3. The Labute approximate surface area is 117 Å². The molecule has 3 saturated carbocycles. The number of anilines is 1. The summed E-state index contributed by atoms with van der Waals surface area (Å²) >= 11 is 6.10. The van der Waals surface area contributed by atoms with Gasteiger partial charge < -0.3 is 11.1 Å². The van der Waals surface area contributed by atoms with Gasteiger partial charge in [0.25, 0.3) is 5.91 Å². The minimum Gasteiger partial charge on any atom is -0.398 e. The summed E-state index contributed by atoms with van der Waals surface area (Å²) in [6.07, 6.45) is 4.11. The minimum absolute atomic E-state index is 0.0731. The van der Waals surface area contributed by atoms with Gasteiger partial charge in [-0.15, -0.1) is 0 Å². The van der Waals surface area contributed by atoms with E-state index in [4.69, 9.17) is 17.3 Å². The second-order valence-corrected chi connectivity index (χ2v) is 6.57. The second kappa shape index (κ2) is 3.89. The maximum Gasteiger partial charge on any atom is 0.253 e. The van der Waals surface area contributed by atoms with Gasteiger partial charge in [-0.3, -0.25) is 4.79 Å². The molecule has 0 heterocycles. The molecule has 0 saturated heterocycles. The first-order valence-electron chi connectivity index (χ1n) is 7.01. The molecule has 1 aromatic carbocycles. The van der Waals surface area contributed by atoms with E-state index in [9.17, 15) is 4.79 Å². The van der Waals surface area contributed by atoms with Crippen LogP contribution in [0.1, 0.15) is 29.6 Å². The Morgan fingerprint density at radius 1 is 1.26 bits per heavy atom. The Kier molecular flexibility index (Phi) is 2.37. The zero-order chi connectivity index (χ0) is 13.1. The zero-order valence-electron chi connectivity index (χ0n) is 10.6. The molecule has 2 bridgehead atoms. The smallest absolute Gasteiger partial charge is 0.253 e. The van der Waals surface area contributed by atoms with Crippen molar-refractivity contribution in [1.29, 1.82) is 0 Å². The van der Waals surface area contributed by atoms with Gasteiger partial charge in [-0.25, -0.2) is 0 Å². The van der Waals surface area contributed by atoms with E-state index >= 15 is 0 Å². The Morgan fingerprint density at radius 3 is 2.63 bits per heavy atom. The lowest BCUT2D eigenvalue weighted by molar-refractivity contribution is 0.0944. The molecule has 4 unspecified atom stereocenters. The van der Waals surface area contributed by atoms with Gasteiger partial charge >= 0.3 is 0 Å². The number of nitrogens with two attached hydrogens (primary N) is 1. The SMILES string of the molecule is Nc1cccc(C(=O)NC2C3C4CCC(C4)C23)c1Cl. The van der Waals surface area contributed by atoms with Crippen LogP contribution in [-0.2, 0) is 0 Å². The van der Waals surface area contributed by atoms with Crippen molar-refractivity contribution in [2.24, 2.45) is 23.7 Å². The second-order valence-electron chi connectivity index (χ2n) is 6.20. The van der Waals surface area contributed by atoms with Gasteiger partial charge in [0, 0.05) is 6.04 Å². The molecule has 100 valence electrons. The number of carbonyl (C=O) groups excluding carboxylic acids is 1. The van der Waals surface area contributed by atoms with Gasteiger partial charge in [0.15, 0.2) is 0 Å². The van der Waals surface area contributed by atoms with Crippen LogP contribution in [0.25, 0.3) is 0 Å². The average molecular weight is 277 g/mol. The summed E-state index contributed by atoms with van der Waals surface area (Å²) in [4.78, 5) is 12.3. The van der Waals surface area contributed by atoms with E-state index in [1.54, 1.807) is 18.2 Å². The van der Waals surface area contributed by atoms with Crippen LogP contribution in [0.2, 0.25) is 5.02 Å². The molecule has 1 aromatic rings. The van der Waals surface area contributed by atoms with Crippen LogP contribution in [0.3, 0.4) is 0 Å². The van der Waals surface area contributed by atoms with Crippen molar-refractivity contribution >= 4 is 23.2 Å². The molecule has 3 nitrogen and oxygen atoms in total. The molecule has 0 spiro atoms. The summed E-state index contributed by atoms with van der Waals surface area (Å²) in [6, 6.07) is 5.61. The van der Waals surface area contributed by atoms with Crippen LogP contribution in [0.5, 0.6) is 0 Å². The van der Waals surface area contributed by atoms with Crippen LogP contribution in [0, 0.1) is 23.7 Å². The molecule has 3 fully saturated rings. The minimum atomic E-state index is -0.0731. The number of halogens is 1. The number of nitrogen functional groups attached to an aromatic ring is 1. The van der Waals surface area contributed by atoms with Gasteiger partial charge in [-0.1, -0.05) is 17.7 Å². The van der Waals surface area contributed by atoms with E-state index in [0.29, 0.717) is 22.3 Å². The van der Waals surface area contributed by atoms with Gasteiger partial charge in [0.1, 0.15) is 0 Å². The fourth-order valence-electron chi connectivity index (χ4n) is 4.47. The van der Waals surface area contributed by atoms with Crippen LogP contribution < -0.4 is 11.1 Å². The van der Waals surface area contributed by atoms with E-state index in [2.05, 4.69) is 5.32 Å². The number of rotatable bonds is 2. The number of hydrogen-bond acceptors (Lipinski definition) is 2. The molecule has 19 heavy (non-hydrogen) atoms. The van der Waals surface area contributed by atoms with Crippen LogP contribution in [0.4, 0.5) is 5.69 Å². The third kappa shape index (κ3) is 1.61. The topological polar surface area (TPSA) is 55.1 Å². The monoisotopic (exact) mass is 276 g/mol. The average Bonchev–Trinajstić information content (AvgIpc) is 2.81. The van der Waals surface area contributed by atoms with Gasteiger partial charge in [-0.05, 0) is 55.1 Å². The molecular weight excluding hydrogens is 260 g/mol. The van der Waals surface area contributed by atoms with Crippen LogP contribution in [0.15, 0.2) is 18.2 Å². The molecule has 4 atom stereocenters. The standard InChI is InChI=1S/C15H17ClN2O/c16-13-9(2-1-3-10(13)17)15(19)18-14-11-7-4-5-8(6-7)12(11)14/h1-3,7-8,11-12,14H,4-6,17H2,(H,18,19). The highest BCUT2D eigenvalue weighted by atomic mass is 35.5. The van der Waals surface area contributed by atoms with Crippen molar-refractivity contribution in [3.8, 4) is 0 Å². The first-order valence-corrected chi connectivity index (χ1v) is 7.39. The fourth-order valence-corrected chi connectivity index (χ4v) is 4.68. The van der Waals surface area contributed by atoms with E-state index in [1.807, 2.05) is 0 Å². The van der Waals surface area contributed by atoms with Crippen LogP contribution in [-0.4, -0.2) is 11.9 Å². The summed E-state index contributed by atoms with van der Waals surface area (Å²) in [5.41, 5.74) is 6.70. The molecule has 4 heteroatoms. The number of hydrogen-bond donors (Lipinski definition) is 2. The van der Waals surface area contributed by atoms with Gasteiger partial charge in [-0.2, -0.15) is 0 Å². The van der Waals surface area contributed by atoms with Crippen molar-refractivity contribution in [2.75, 3.05) is 5.73 Å². The predicted octanol–water partition coefficient (Wildman–Crippen LogP) is 2.70. The van der Waals surface area contributed by atoms with Crippen molar-refractivity contribution in [1.82, 2.24) is 5.32 Å². The van der Waals surface area contributed by atoms with E-state index in [1.165, 1.54) is 19.3 Å². The largest absolute Gasteiger partial charge is 0.398 e. The molecule has 1 amide bonds. The Balaban J connectivity index is 1.50. The van der Waals surface area contributed by atoms with Crippen LogP contribution >= 0.6 is 11.6 Å². The van der Waals surface area contributed by atoms with Gasteiger partial charge in [0.05, 0.1) is 16.3 Å². The molecule has 3 aliphatic rings. The van der Waals surface area contributed by atoms with Crippen molar-refractivity contribution in [2.45, 2.75) is 25.3 Å². The van der Waals surface area contributed by atoms with E-state index in [0.717, 1.165) is 23.7 Å². The number of amides is 1. The highest BCUT2D eigenvalue weighted by Crippen LogP contribution is 2.65. The lowest BCUT2D eigenvalue weighted by atomic mass is 10.0. The summed E-state index contributed by atoms with van der Waals surface area (Å²) in [5, 5.41) is 3.53. The summed E-state index contributed by atoms with van der Waals surface area (Å²) < 4.78 is 0. The Bertz CT molecular complexity index is 543. The Morgan fingerprint density at radius 2 is 1.95 bits per heavy atom. The maximum atomic E-state index is 12.3. The van der Waals surface area contributed by atoms with Gasteiger partial charge in [0.2, 0.25) is 0 Å². The Hall–Kier alpha value is -1.22. The van der Waals surface area contributed by atoms with Crippen molar-refractivity contribution in [3.63, 3.8) is 0 Å². The third-order valence-corrected chi connectivity index (χ3v) is 5.73. The highest BCUT2D eigenvalue weighted by Gasteiger charge is 2.65. The molecule has 3 aliphatic carbocycles. The van der Waals surface area contributed by atoms with Crippen molar-refractivity contribution < 1.29 is 4.79 Å². The lowest BCUT2D eigenvalue weighted by Crippen LogP contribution is -2.30.